The van der Waals surface area contributed by atoms with Crippen LogP contribution >= 0.6 is 15.8 Å². The lowest BCUT2D eigenvalue weighted by atomic mass is 9.82. The summed E-state index contributed by atoms with van der Waals surface area (Å²) in [4.78, 5) is 2.20. The Labute approximate surface area is 349 Å². The third-order valence-corrected chi connectivity index (χ3v) is 17.9. The third kappa shape index (κ3) is 8.25. The van der Waals surface area contributed by atoms with Gasteiger partial charge in [-0.25, -0.2) is 0 Å². The van der Waals surface area contributed by atoms with Gasteiger partial charge in [-0.1, -0.05) is 133 Å². The van der Waals surface area contributed by atoms with Crippen LogP contribution in [-0.4, -0.2) is 35.8 Å². The van der Waals surface area contributed by atoms with Crippen LogP contribution in [-0.2, 0) is 12.4 Å². The van der Waals surface area contributed by atoms with E-state index in [-0.39, 0.29) is 23.5 Å². The molecule has 5 atom stereocenters. The zero-order valence-corrected chi connectivity index (χ0v) is 35.2. The molecule has 0 saturated heterocycles. The molecule has 1 fully saturated rings. The fourth-order valence-corrected chi connectivity index (χ4v) is 15.2. The molecular formula is C50H45F6NOP2. The second-order valence-corrected chi connectivity index (χ2v) is 20.4. The molecule has 10 heteroatoms. The molecule has 0 radical (unpaired) electrons. The van der Waals surface area contributed by atoms with Crippen LogP contribution in [0.5, 0.6) is 0 Å². The fourth-order valence-electron chi connectivity index (χ4n) is 9.22. The number of nitrogens with zero attached hydrogens (tertiary/aromatic N) is 1. The van der Waals surface area contributed by atoms with E-state index in [4.69, 9.17) is 0 Å². The summed E-state index contributed by atoms with van der Waals surface area (Å²) >= 11 is 0. The number of fused-ring (bicyclic) bond motifs is 2. The molecule has 308 valence electrons. The third-order valence-electron chi connectivity index (χ3n) is 12.3. The Hall–Kier alpha value is -4.58. The van der Waals surface area contributed by atoms with Crippen LogP contribution in [0.1, 0.15) is 42.6 Å². The maximum Gasteiger partial charge on any atom is 0.416 e. The van der Waals surface area contributed by atoms with Crippen molar-refractivity contribution in [3.05, 3.63) is 174 Å². The average Bonchev–Trinajstić information content (AvgIpc) is 3.68. The van der Waals surface area contributed by atoms with Gasteiger partial charge in [0.2, 0.25) is 0 Å². The lowest BCUT2D eigenvalue weighted by Gasteiger charge is -2.40. The van der Waals surface area contributed by atoms with E-state index < -0.39 is 45.4 Å². The maximum atomic E-state index is 13.8. The zero-order chi connectivity index (χ0) is 42.3. The Morgan fingerprint density at radius 1 is 0.550 bits per heavy atom. The highest BCUT2D eigenvalue weighted by atomic mass is 31.1. The molecule has 0 aromatic heterocycles. The van der Waals surface area contributed by atoms with Crippen molar-refractivity contribution in [3.8, 4) is 0 Å². The van der Waals surface area contributed by atoms with Crippen molar-refractivity contribution in [2.75, 3.05) is 14.1 Å². The molecule has 7 aromatic carbocycles. The van der Waals surface area contributed by atoms with E-state index in [1.54, 1.807) is 0 Å². The summed E-state index contributed by atoms with van der Waals surface area (Å²) in [5.41, 5.74) is -0.976. The van der Waals surface area contributed by atoms with Crippen LogP contribution in [0.2, 0.25) is 0 Å². The Kier molecular flexibility index (Phi) is 12.0. The van der Waals surface area contributed by atoms with Gasteiger partial charge in [-0.15, -0.1) is 0 Å². The number of halogens is 6. The summed E-state index contributed by atoms with van der Waals surface area (Å²) in [6.07, 6.45) is -8.41. The molecule has 1 N–H and O–H groups in total. The Bertz CT molecular complexity index is 2440. The summed E-state index contributed by atoms with van der Waals surface area (Å²) in [6.45, 7) is 2.20. The Balaban J connectivity index is 1.32. The molecule has 5 unspecified atom stereocenters. The van der Waals surface area contributed by atoms with E-state index in [0.717, 1.165) is 47.9 Å². The normalized spacial score (nSPS) is 18.5. The van der Waals surface area contributed by atoms with Crippen LogP contribution in [0.3, 0.4) is 0 Å². The highest BCUT2D eigenvalue weighted by Gasteiger charge is 2.48. The lowest BCUT2D eigenvalue weighted by Crippen LogP contribution is -2.40. The standard InChI is InChI=1S/C50H45F6NOP2/c1-32(57(2)3)39-30-31-46(60(43-20-10-14-33-12-4-6-16-40(33)43)44-21-11-15-34-13-5-7-17-41(34)44)47(39)48(58)42-18-8-9-19-45(42)59(37-26-22-35(23-27-37)49(51,52)53)38-28-24-36(25-29-38)50(54,55)56/h4-29,32,39,46-48,58H,30-31H2,1-3H3. The van der Waals surface area contributed by atoms with Crippen molar-refractivity contribution in [2.45, 2.75) is 49.9 Å². The monoisotopic (exact) mass is 851 g/mol. The summed E-state index contributed by atoms with van der Waals surface area (Å²) in [6, 6.07) is 47.2. The molecule has 60 heavy (non-hydrogen) atoms. The van der Waals surface area contributed by atoms with Crippen molar-refractivity contribution in [1.82, 2.24) is 4.90 Å². The van der Waals surface area contributed by atoms with Gasteiger partial charge in [-0.3, -0.25) is 0 Å². The van der Waals surface area contributed by atoms with Crippen LogP contribution in [0, 0.1) is 11.8 Å². The molecule has 8 rings (SSSR count). The number of aliphatic hydroxyl groups excluding tert-OH is 1. The second kappa shape index (κ2) is 17.1. The quantitative estimate of drug-likeness (QED) is 0.109. The molecule has 1 aliphatic carbocycles. The van der Waals surface area contributed by atoms with Gasteiger partial charge >= 0.3 is 12.4 Å². The molecule has 1 aliphatic rings. The largest absolute Gasteiger partial charge is 0.416 e. The fraction of sp³-hybridized carbons (Fsp3) is 0.240. The number of hydrogen-bond acceptors (Lipinski definition) is 2. The van der Waals surface area contributed by atoms with Gasteiger partial charge in [0.05, 0.1) is 17.2 Å². The smallest absolute Gasteiger partial charge is 0.388 e. The van der Waals surface area contributed by atoms with Crippen molar-refractivity contribution in [2.24, 2.45) is 11.8 Å². The van der Waals surface area contributed by atoms with Gasteiger partial charge in [0.25, 0.3) is 0 Å². The van der Waals surface area contributed by atoms with Crippen LogP contribution in [0.25, 0.3) is 21.5 Å². The summed E-state index contributed by atoms with van der Waals surface area (Å²) in [5, 5.41) is 22.2. The summed E-state index contributed by atoms with van der Waals surface area (Å²) < 4.78 is 82.8. The molecular weight excluding hydrogens is 806 g/mol. The first-order valence-electron chi connectivity index (χ1n) is 20.0. The Morgan fingerprint density at radius 2 is 0.983 bits per heavy atom. The highest BCUT2D eigenvalue weighted by Crippen LogP contribution is 2.58. The number of aliphatic hydroxyl groups is 1. The van der Waals surface area contributed by atoms with Gasteiger partial charge in [-0.05, 0) is 139 Å². The molecule has 0 bridgehead atoms. The zero-order valence-electron chi connectivity index (χ0n) is 33.4. The van der Waals surface area contributed by atoms with Gasteiger partial charge < -0.3 is 10.0 Å². The summed E-state index contributed by atoms with van der Waals surface area (Å²) in [5.74, 6) is -0.198. The van der Waals surface area contributed by atoms with Crippen LogP contribution in [0.4, 0.5) is 26.3 Å². The molecule has 0 spiro atoms. The van der Waals surface area contributed by atoms with Gasteiger partial charge in [0.15, 0.2) is 0 Å². The molecule has 0 amide bonds. The Morgan fingerprint density at radius 3 is 1.47 bits per heavy atom. The molecule has 1 saturated carbocycles. The van der Waals surface area contributed by atoms with Crippen molar-refractivity contribution >= 4 is 63.9 Å². The van der Waals surface area contributed by atoms with E-state index in [1.807, 2.05) is 36.4 Å². The minimum absolute atomic E-state index is 0.00966. The average molecular weight is 852 g/mol. The van der Waals surface area contributed by atoms with E-state index in [0.29, 0.717) is 21.5 Å². The van der Waals surface area contributed by atoms with Gasteiger partial charge in [-0.2, -0.15) is 26.3 Å². The number of hydrogen-bond donors (Lipinski definition) is 1. The highest BCUT2D eigenvalue weighted by molar-refractivity contribution is 7.80. The molecule has 0 aliphatic heterocycles. The molecule has 7 aromatic rings. The first-order chi connectivity index (χ1) is 28.7. The van der Waals surface area contributed by atoms with E-state index in [2.05, 4.69) is 98.7 Å². The van der Waals surface area contributed by atoms with Gasteiger partial charge in [0.1, 0.15) is 0 Å². The van der Waals surface area contributed by atoms with E-state index >= 15 is 0 Å². The van der Waals surface area contributed by atoms with Crippen molar-refractivity contribution in [3.63, 3.8) is 0 Å². The molecule has 0 heterocycles. The van der Waals surface area contributed by atoms with Crippen molar-refractivity contribution < 1.29 is 31.4 Å². The lowest BCUT2D eigenvalue weighted by molar-refractivity contribution is -0.138. The first kappa shape index (κ1) is 42.1. The SMILES string of the molecule is CC(C1CCC(P(c2cccc3ccccc23)c2cccc3ccccc23)C1C(O)c1ccccc1P(c1ccc(C(F)(F)F)cc1)c1ccc(C(F)(F)F)cc1)N(C)C. The van der Waals surface area contributed by atoms with Crippen LogP contribution in [0.15, 0.2) is 158 Å². The topological polar surface area (TPSA) is 23.5 Å². The predicted octanol–water partition coefficient (Wildman–Crippen LogP) is 11.3. The van der Waals surface area contributed by atoms with Crippen molar-refractivity contribution in [1.29, 1.82) is 0 Å². The molecule has 2 nitrogen and oxygen atoms in total. The minimum atomic E-state index is -4.56. The second-order valence-electron chi connectivity index (χ2n) is 15.9. The summed E-state index contributed by atoms with van der Waals surface area (Å²) in [7, 11) is 1.29. The number of alkyl halides is 6. The number of benzene rings is 7. The first-order valence-corrected chi connectivity index (χ1v) is 22.8. The number of rotatable bonds is 10. The van der Waals surface area contributed by atoms with E-state index in [9.17, 15) is 31.4 Å². The minimum Gasteiger partial charge on any atom is -0.388 e. The van der Waals surface area contributed by atoms with Gasteiger partial charge in [0, 0.05) is 12.0 Å². The predicted molar refractivity (Wildman–Crippen MR) is 237 cm³/mol. The maximum absolute atomic E-state index is 13.8. The van der Waals surface area contributed by atoms with E-state index in [1.165, 1.54) is 45.6 Å². The van der Waals surface area contributed by atoms with Crippen LogP contribution < -0.4 is 26.5 Å².